The zero-order valence-corrected chi connectivity index (χ0v) is 13.2. The molecule has 0 aliphatic rings. The molecule has 1 atom stereocenters. The summed E-state index contributed by atoms with van der Waals surface area (Å²) < 4.78 is 1.96. The van der Waals surface area contributed by atoms with E-state index in [1.54, 1.807) is 0 Å². The summed E-state index contributed by atoms with van der Waals surface area (Å²) in [6, 6.07) is 0.298. The van der Waals surface area contributed by atoms with Crippen LogP contribution in [0.25, 0.3) is 0 Å². The molecule has 0 aliphatic heterocycles. The topological polar surface area (TPSA) is 50.1 Å². The van der Waals surface area contributed by atoms with Gasteiger partial charge in [-0.25, -0.2) is 0 Å². The average Bonchev–Trinajstić information content (AvgIpc) is 2.70. The number of aliphatic hydroxyl groups is 1. The van der Waals surface area contributed by atoms with Crippen molar-refractivity contribution < 1.29 is 5.11 Å². The SMILES string of the molecule is CCc1nn(CC)c(CNC(CCO)C(C)C)c1Cl. The van der Waals surface area contributed by atoms with Gasteiger partial charge in [0.1, 0.15) is 0 Å². The lowest BCUT2D eigenvalue weighted by Gasteiger charge is -2.21. The van der Waals surface area contributed by atoms with Gasteiger partial charge in [-0.15, -0.1) is 0 Å². The third-order valence-electron chi connectivity index (χ3n) is 3.47. The Morgan fingerprint density at radius 3 is 2.53 bits per heavy atom. The van der Waals surface area contributed by atoms with Crippen LogP contribution in [0.5, 0.6) is 0 Å². The molecule has 5 heteroatoms. The number of hydrogen-bond acceptors (Lipinski definition) is 3. The van der Waals surface area contributed by atoms with Gasteiger partial charge in [0.2, 0.25) is 0 Å². The van der Waals surface area contributed by atoms with E-state index in [1.807, 2.05) is 4.68 Å². The molecular formula is C14H26ClN3O. The lowest BCUT2D eigenvalue weighted by atomic mass is 10.0. The number of hydrogen-bond donors (Lipinski definition) is 2. The Morgan fingerprint density at radius 1 is 1.37 bits per heavy atom. The molecular weight excluding hydrogens is 262 g/mol. The molecule has 0 aromatic carbocycles. The van der Waals surface area contributed by atoms with Crippen molar-refractivity contribution in [3.8, 4) is 0 Å². The van der Waals surface area contributed by atoms with Crippen LogP contribution in [0.2, 0.25) is 5.02 Å². The van der Waals surface area contributed by atoms with E-state index in [-0.39, 0.29) is 6.61 Å². The van der Waals surface area contributed by atoms with Crippen LogP contribution in [0.1, 0.15) is 45.5 Å². The molecule has 0 spiro atoms. The summed E-state index contributed by atoms with van der Waals surface area (Å²) in [7, 11) is 0. The molecule has 0 saturated carbocycles. The minimum absolute atomic E-state index is 0.205. The molecule has 0 aliphatic carbocycles. The number of rotatable bonds is 8. The van der Waals surface area contributed by atoms with Gasteiger partial charge in [0, 0.05) is 25.7 Å². The van der Waals surface area contributed by atoms with Crippen LogP contribution in [0.3, 0.4) is 0 Å². The van der Waals surface area contributed by atoms with E-state index >= 15 is 0 Å². The first-order valence-electron chi connectivity index (χ1n) is 7.13. The van der Waals surface area contributed by atoms with Crippen LogP contribution in [0, 0.1) is 5.92 Å². The molecule has 1 rings (SSSR count). The van der Waals surface area contributed by atoms with Crippen LogP contribution < -0.4 is 5.32 Å². The van der Waals surface area contributed by atoms with Crippen molar-refractivity contribution in [3.63, 3.8) is 0 Å². The molecule has 19 heavy (non-hydrogen) atoms. The zero-order valence-electron chi connectivity index (χ0n) is 12.4. The summed E-state index contributed by atoms with van der Waals surface area (Å²) in [6.07, 6.45) is 1.61. The fourth-order valence-electron chi connectivity index (χ4n) is 2.22. The van der Waals surface area contributed by atoms with E-state index < -0.39 is 0 Å². The molecule has 1 aromatic heterocycles. The Kier molecular flexibility index (Phi) is 6.83. The normalized spacial score (nSPS) is 13.2. The monoisotopic (exact) mass is 287 g/mol. The standard InChI is InChI=1S/C14H26ClN3O/c1-5-11-14(15)13(18(6-2)17-11)9-16-12(7-8-19)10(3)4/h10,12,16,19H,5-9H2,1-4H3. The summed E-state index contributed by atoms with van der Waals surface area (Å²) >= 11 is 6.38. The van der Waals surface area contributed by atoms with E-state index in [0.29, 0.717) is 18.5 Å². The fourth-order valence-corrected chi connectivity index (χ4v) is 2.56. The van der Waals surface area contributed by atoms with Crippen molar-refractivity contribution in [2.45, 2.75) is 59.7 Å². The predicted molar refractivity (Wildman–Crippen MR) is 79.5 cm³/mol. The maximum absolute atomic E-state index is 9.10. The van der Waals surface area contributed by atoms with Gasteiger partial charge in [-0.2, -0.15) is 5.10 Å². The Labute approximate surface area is 121 Å². The van der Waals surface area contributed by atoms with Crippen molar-refractivity contribution in [2.75, 3.05) is 6.61 Å². The first-order valence-corrected chi connectivity index (χ1v) is 7.51. The van der Waals surface area contributed by atoms with Crippen molar-refractivity contribution >= 4 is 11.6 Å². The number of aromatic nitrogens is 2. The second kappa shape index (κ2) is 7.88. The predicted octanol–water partition coefficient (Wildman–Crippen LogP) is 2.62. The van der Waals surface area contributed by atoms with Gasteiger partial charge in [-0.1, -0.05) is 32.4 Å². The minimum Gasteiger partial charge on any atom is -0.396 e. The molecule has 1 unspecified atom stereocenters. The van der Waals surface area contributed by atoms with Gasteiger partial charge in [0.05, 0.1) is 16.4 Å². The Hall–Kier alpha value is -0.580. The first-order chi connectivity index (χ1) is 9.04. The lowest BCUT2D eigenvalue weighted by molar-refractivity contribution is 0.243. The highest BCUT2D eigenvalue weighted by Crippen LogP contribution is 2.22. The molecule has 1 aromatic rings. The van der Waals surface area contributed by atoms with Crippen molar-refractivity contribution in [2.24, 2.45) is 5.92 Å². The van der Waals surface area contributed by atoms with E-state index in [9.17, 15) is 0 Å². The summed E-state index contributed by atoms with van der Waals surface area (Å²) in [5.41, 5.74) is 2.01. The van der Waals surface area contributed by atoms with Crippen LogP contribution in [0.4, 0.5) is 0 Å². The first kappa shape index (κ1) is 16.5. The molecule has 0 saturated heterocycles. The maximum atomic E-state index is 9.10. The van der Waals surface area contributed by atoms with Gasteiger partial charge in [0.15, 0.2) is 0 Å². The second-order valence-electron chi connectivity index (χ2n) is 5.12. The highest BCUT2D eigenvalue weighted by atomic mass is 35.5. The van der Waals surface area contributed by atoms with Gasteiger partial charge in [0.25, 0.3) is 0 Å². The number of halogens is 1. The zero-order chi connectivity index (χ0) is 14.4. The van der Waals surface area contributed by atoms with Crippen LogP contribution in [-0.4, -0.2) is 27.5 Å². The van der Waals surface area contributed by atoms with E-state index in [4.69, 9.17) is 16.7 Å². The van der Waals surface area contributed by atoms with Crippen LogP contribution in [0.15, 0.2) is 0 Å². The van der Waals surface area contributed by atoms with Crippen LogP contribution >= 0.6 is 11.6 Å². The van der Waals surface area contributed by atoms with Gasteiger partial charge < -0.3 is 10.4 Å². The fraction of sp³-hybridized carbons (Fsp3) is 0.786. The van der Waals surface area contributed by atoms with Crippen molar-refractivity contribution in [1.29, 1.82) is 0 Å². The van der Waals surface area contributed by atoms with Crippen LogP contribution in [-0.2, 0) is 19.5 Å². The van der Waals surface area contributed by atoms with Crippen molar-refractivity contribution in [3.05, 3.63) is 16.4 Å². The second-order valence-corrected chi connectivity index (χ2v) is 5.50. The molecule has 0 amide bonds. The Balaban J connectivity index is 2.78. The minimum atomic E-state index is 0.205. The quantitative estimate of drug-likeness (QED) is 0.773. The van der Waals surface area contributed by atoms with Gasteiger partial charge in [-0.05, 0) is 25.7 Å². The average molecular weight is 288 g/mol. The summed E-state index contributed by atoms with van der Waals surface area (Å²) in [5.74, 6) is 0.481. The smallest absolute Gasteiger partial charge is 0.0863 e. The Bertz CT molecular complexity index is 390. The molecule has 2 N–H and O–H groups in total. The highest BCUT2D eigenvalue weighted by molar-refractivity contribution is 6.31. The van der Waals surface area contributed by atoms with Gasteiger partial charge in [-0.3, -0.25) is 4.68 Å². The number of nitrogens with one attached hydrogen (secondary N) is 1. The van der Waals surface area contributed by atoms with Gasteiger partial charge >= 0.3 is 0 Å². The Morgan fingerprint density at radius 2 is 2.05 bits per heavy atom. The van der Waals surface area contributed by atoms with E-state index in [0.717, 1.165) is 35.8 Å². The highest BCUT2D eigenvalue weighted by Gasteiger charge is 2.17. The maximum Gasteiger partial charge on any atom is 0.0863 e. The number of aryl methyl sites for hydroxylation is 2. The number of aliphatic hydroxyl groups excluding tert-OH is 1. The lowest BCUT2D eigenvalue weighted by Crippen LogP contribution is -2.34. The van der Waals surface area contributed by atoms with E-state index in [1.165, 1.54) is 0 Å². The molecule has 0 fully saturated rings. The summed E-state index contributed by atoms with van der Waals surface area (Å²) in [5, 5.41) is 17.9. The molecule has 4 nitrogen and oxygen atoms in total. The van der Waals surface area contributed by atoms with Crippen molar-refractivity contribution in [1.82, 2.24) is 15.1 Å². The largest absolute Gasteiger partial charge is 0.396 e. The summed E-state index contributed by atoms with van der Waals surface area (Å²) in [4.78, 5) is 0. The summed E-state index contributed by atoms with van der Waals surface area (Å²) in [6.45, 7) is 10.2. The molecule has 1 heterocycles. The number of nitrogens with zero attached hydrogens (tertiary/aromatic N) is 2. The third-order valence-corrected chi connectivity index (χ3v) is 3.91. The third kappa shape index (κ3) is 4.20. The molecule has 0 bridgehead atoms. The van der Waals surface area contributed by atoms with E-state index in [2.05, 4.69) is 38.1 Å². The molecule has 0 radical (unpaired) electrons. The molecule has 110 valence electrons.